The molecule has 7 heteroatoms. The van der Waals surface area contributed by atoms with E-state index in [1.807, 2.05) is 30.3 Å². The van der Waals surface area contributed by atoms with Gasteiger partial charge in [0.1, 0.15) is 11.7 Å². The fourth-order valence-corrected chi connectivity index (χ4v) is 4.33. The number of amides is 2. The van der Waals surface area contributed by atoms with E-state index in [1.165, 1.54) is 4.90 Å². The molecule has 6 nitrogen and oxygen atoms in total. The molecule has 0 aliphatic carbocycles. The van der Waals surface area contributed by atoms with Crippen molar-refractivity contribution in [3.8, 4) is 5.75 Å². The number of aromatic hydroxyl groups is 1. The molecule has 0 radical (unpaired) electrons. The van der Waals surface area contributed by atoms with Crippen LogP contribution in [0.5, 0.6) is 5.75 Å². The third-order valence-corrected chi connectivity index (χ3v) is 5.97. The number of phenols is 1. The Kier molecular flexibility index (Phi) is 4.56. The number of carbonyl (C=O) groups is 2. The van der Waals surface area contributed by atoms with Gasteiger partial charge in [-0.3, -0.25) is 14.4 Å². The first-order chi connectivity index (χ1) is 14.5. The average Bonchev–Trinajstić information content (AvgIpc) is 3.27. The van der Waals surface area contributed by atoms with Gasteiger partial charge >= 0.3 is 0 Å². The van der Waals surface area contributed by atoms with E-state index in [0.29, 0.717) is 5.69 Å². The van der Waals surface area contributed by atoms with Crippen molar-refractivity contribution in [2.75, 3.05) is 9.96 Å². The van der Waals surface area contributed by atoms with Crippen molar-refractivity contribution in [1.29, 1.82) is 0 Å². The van der Waals surface area contributed by atoms with Gasteiger partial charge in [0.05, 0.1) is 17.4 Å². The largest absolute Gasteiger partial charge is 0.508 e. The molecule has 2 saturated heterocycles. The third kappa shape index (κ3) is 2.98. The highest BCUT2D eigenvalue weighted by Crippen LogP contribution is 2.47. The molecule has 2 aliphatic rings. The topological polar surface area (TPSA) is 70.1 Å². The van der Waals surface area contributed by atoms with Crippen molar-refractivity contribution in [1.82, 2.24) is 0 Å². The van der Waals surface area contributed by atoms with E-state index in [0.717, 1.165) is 15.7 Å². The molecule has 0 aromatic heterocycles. The summed E-state index contributed by atoms with van der Waals surface area (Å²) in [4.78, 5) is 33.9. The molecule has 0 unspecified atom stereocenters. The van der Waals surface area contributed by atoms with Gasteiger partial charge in [-0.2, -0.15) is 0 Å². The molecule has 2 fully saturated rings. The molecular weight excluding hydrogens is 448 g/mol. The number of rotatable bonds is 3. The van der Waals surface area contributed by atoms with Crippen molar-refractivity contribution in [2.24, 2.45) is 5.92 Å². The van der Waals surface area contributed by atoms with Crippen molar-refractivity contribution < 1.29 is 19.5 Å². The van der Waals surface area contributed by atoms with E-state index in [-0.39, 0.29) is 17.6 Å². The van der Waals surface area contributed by atoms with Crippen molar-refractivity contribution in [2.45, 2.75) is 12.1 Å². The average molecular weight is 465 g/mol. The molecular formula is C23H17BrN2O4. The number of benzene rings is 3. The molecule has 1 N–H and O–H groups in total. The van der Waals surface area contributed by atoms with Gasteiger partial charge in [0.15, 0.2) is 6.10 Å². The van der Waals surface area contributed by atoms with Crippen LogP contribution < -0.4 is 9.96 Å². The zero-order valence-electron chi connectivity index (χ0n) is 15.7. The van der Waals surface area contributed by atoms with Crippen LogP contribution in [-0.4, -0.2) is 23.0 Å². The number of para-hydroxylation sites is 1. The number of fused-ring (bicyclic) bond motifs is 1. The number of imide groups is 1. The monoisotopic (exact) mass is 464 g/mol. The van der Waals surface area contributed by atoms with Crippen LogP contribution in [0.25, 0.3) is 0 Å². The van der Waals surface area contributed by atoms with Gasteiger partial charge in [0.2, 0.25) is 5.91 Å². The lowest BCUT2D eigenvalue weighted by Crippen LogP contribution is -2.37. The summed E-state index contributed by atoms with van der Waals surface area (Å²) in [5, 5.41) is 11.3. The predicted octanol–water partition coefficient (Wildman–Crippen LogP) is 4.21. The van der Waals surface area contributed by atoms with Gasteiger partial charge in [-0.1, -0.05) is 46.3 Å². The SMILES string of the molecule is O=C1[C@H]2[C@@H](ON(c3ccccc3)[C@H]2c2ccc(O)cc2)C(=O)N1c1ccc(Br)cc1. The van der Waals surface area contributed by atoms with Crippen LogP contribution in [0.3, 0.4) is 0 Å². The van der Waals surface area contributed by atoms with E-state index < -0.39 is 18.1 Å². The van der Waals surface area contributed by atoms with E-state index in [4.69, 9.17) is 4.84 Å². The summed E-state index contributed by atoms with van der Waals surface area (Å²) < 4.78 is 0.860. The number of hydrogen-bond acceptors (Lipinski definition) is 5. The molecule has 30 heavy (non-hydrogen) atoms. The minimum atomic E-state index is -0.917. The summed E-state index contributed by atoms with van der Waals surface area (Å²) in [7, 11) is 0. The smallest absolute Gasteiger partial charge is 0.266 e. The fourth-order valence-electron chi connectivity index (χ4n) is 4.07. The first-order valence-electron chi connectivity index (χ1n) is 9.48. The molecule has 2 amide bonds. The lowest BCUT2D eigenvalue weighted by Gasteiger charge is -2.28. The highest BCUT2D eigenvalue weighted by atomic mass is 79.9. The van der Waals surface area contributed by atoms with Gasteiger partial charge < -0.3 is 5.11 Å². The van der Waals surface area contributed by atoms with E-state index in [1.54, 1.807) is 53.6 Å². The minimum absolute atomic E-state index is 0.130. The van der Waals surface area contributed by atoms with Crippen LogP contribution in [0.4, 0.5) is 11.4 Å². The molecule has 3 atom stereocenters. The number of hydroxylamine groups is 1. The summed E-state index contributed by atoms with van der Waals surface area (Å²) in [5.41, 5.74) is 2.05. The maximum absolute atomic E-state index is 13.4. The maximum atomic E-state index is 13.4. The molecule has 2 aliphatic heterocycles. The second kappa shape index (κ2) is 7.27. The Morgan fingerprint density at radius 3 is 2.13 bits per heavy atom. The Labute approximate surface area is 181 Å². The van der Waals surface area contributed by atoms with Crippen LogP contribution in [0.1, 0.15) is 11.6 Å². The van der Waals surface area contributed by atoms with Gasteiger partial charge in [-0.15, -0.1) is 0 Å². The number of anilines is 2. The number of halogens is 1. The molecule has 3 aromatic carbocycles. The lowest BCUT2D eigenvalue weighted by atomic mass is 9.90. The summed E-state index contributed by atoms with van der Waals surface area (Å²) in [6.07, 6.45) is -0.917. The quantitative estimate of drug-likeness (QED) is 0.588. The van der Waals surface area contributed by atoms with Gasteiger partial charge in [-0.05, 0) is 54.1 Å². The number of nitrogens with zero attached hydrogens (tertiary/aromatic N) is 2. The first kappa shape index (κ1) is 18.8. The van der Waals surface area contributed by atoms with Crippen LogP contribution in [-0.2, 0) is 14.4 Å². The predicted molar refractivity (Wildman–Crippen MR) is 115 cm³/mol. The number of hydrogen-bond donors (Lipinski definition) is 1. The molecule has 0 spiro atoms. The van der Waals surface area contributed by atoms with Crippen LogP contribution in [0.2, 0.25) is 0 Å². The highest BCUT2D eigenvalue weighted by molar-refractivity contribution is 9.10. The summed E-state index contributed by atoms with van der Waals surface area (Å²) in [5.74, 6) is -1.25. The van der Waals surface area contributed by atoms with Crippen LogP contribution >= 0.6 is 15.9 Å². The Balaban J connectivity index is 1.58. The Morgan fingerprint density at radius 2 is 1.47 bits per heavy atom. The maximum Gasteiger partial charge on any atom is 0.266 e. The van der Waals surface area contributed by atoms with Crippen LogP contribution in [0, 0.1) is 5.92 Å². The second-order valence-electron chi connectivity index (χ2n) is 7.24. The summed E-state index contributed by atoms with van der Waals surface area (Å²) in [6.45, 7) is 0. The minimum Gasteiger partial charge on any atom is -0.508 e. The van der Waals surface area contributed by atoms with Gasteiger partial charge in [0, 0.05) is 4.47 Å². The Morgan fingerprint density at radius 1 is 0.800 bits per heavy atom. The lowest BCUT2D eigenvalue weighted by molar-refractivity contribution is -0.126. The first-order valence-corrected chi connectivity index (χ1v) is 10.3. The second-order valence-corrected chi connectivity index (χ2v) is 8.15. The molecule has 0 bridgehead atoms. The van der Waals surface area contributed by atoms with Crippen molar-refractivity contribution in [3.05, 3.63) is 88.9 Å². The van der Waals surface area contributed by atoms with Crippen molar-refractivity contribution >= 4 is 39.1 Å². The van der Waals surface area contributed by atoms with E-state index in [9.17, 15) is 14.7 Å². The Hall–Kier alpha value is -3.16. The highest BCUT2D eigenvalue weighted by Gasteiger charge is 2.60. The number of phenolic OH excluding ortho intramolecular Hbond substituents is 1. The molecule has 5 rings (SSSR count). The zero-order chi connectivity index (χ0) is 20.8. The number of carbonyl (C=O) groups excluding carboxylic acids is 2. The zero-order valence-corrected chi connectivity index (χ0v) is 17.3. The van der Waals surface area contributed by atoms with E-state index in [2.05, 4.69) is 15.9 Å². The Bertz CT molecular complexity index is 1100. The van der Waals surface area contributed by atoms with Gasteiger partial charge in [-0.25, -0.2) is 9.96 Å². The summed E-state index contributed by atoms with van der Waals surface area (Å²) in [6, 6.07) is 22.6. The summed E-state index contributed by atoms with van der Waals surface area (Å²) >= 11 is 3.37. The van der Waals surface area contributed by atoms with Gasteiger partial charge in [0.25, 0.3) is 5.91 Å². The normalized spacial score (nSPS) is 23.2. The van der Waals surface area contributed by atoms with Crippen molar-refractivity contribution in [3.63, 3.8) is 0 Å². The molecule has 0 saturated carbocycles. The third-order valence-electron chi connectivity index (χ3n) is 5.45. The molecule has 2 heterocycles. The molecule has 3 aromatic rings. The standard InChI is InChI=1S/C23H17BrN2O4/c24-15-8-10-16(11-9-15)25-22(28)19-20(14-6-12-18(27)13-7-14)26(30-21(19)23(25)29)17-4-2-1-3-5-17/h1-13,19-21,27H/t19-,20+,21-/m1/s1. The van der Waals surface area contributed by atoms with E-state index >= 15 is 0 Å². The van der Waals surface area contributed by atoms with Crippen LogP contribution in [0.15, 0.2) is 83.3 Å². The molecule has 150 valence electrons. The fraction of sp³-hybridized carbons (Fsp3) is 0.130.